The van der Waals surface area contributed by atoms with Crippen molar-refractivity contribution < 1.29 is 9.57 Å². The lowest BCUT2D eigenvalue weighted by molar-refractivity contribution is 0.106. The Hall–Kier alpha value is -3.07. The Morgan fingerprint density at radius 3 is 2.17 bits per heavy atom. The molecule has 0 bridgehead atoms. The normalized spacial score (nSPS) is 11.5. The van der Waals surface area contributed by atoms with Gasteiger partial charge in [0.25, 0.3) is 0 Å². The van der Waals surface area contributed by atoms with Gasteiger partial charge in [0, 0.05) is 0 Å². The molecule has 0 aliphatic carbocycles. The lowest BCUT2D eigenvalue weighted by Crippen LogP contribution is -2.08. The smallest absolute Gasteiger partial charge is 0.151 e. The van der Waals surface area contributed by atoms with Crippen molar-refractivity contribution in [3.05, 3.63) is 90.0 Å². The fraction of sp³-hybridized carbons (Fsp3) is 0.296. The van der Waals surface area contributed by atoms with Gasteiger partial charge >= 0.3 is 0 Å². The molecule has 3 nitrogen and oxygen atoms in total. The molecule has 0 spiro atoms. The monoisotopic (exact) mass is 401 g/mol. The van der Waals surface area contributed by atoms with Crippen molar-refractivity contribution in [1.29, 1.82) is 0 Å². The molecule has 0 unspecified atom stereocenters. The molecular formula is C27H31NO2. The van der Waals surface area contributed by atoms with E-state index in [-0.39, 0.29) is 0 Å². The van der Waals surface area contributed by atoms with Gasteiger partial charge in [-0.2, -0.15) is 0 Å². The molecule has 0 atom stereocenters. The molecular weight excluding hydrogens is 370 g/mol. The van der Waals surface area contributed by atoms with Gasteiger partial charge in [0.1, 0.15) is 12.4 Å². The Morgan fingerprint density at radius 2 is 1.47 bits per heavy atom. The average Bonchev–Trinajstić information content (AvgIpc) is 2.77. The molecule has 156 valence electrons. The number of aryl methyl sites for hydroxylation is 1. The standard InChI is InChI=1S/C27H31NO2/c1-21(2)13-18-26(28-30-20-19-29-27-12-8-7-9-22(27)3)25-16-14-24(15-17-25)23-10-5-4-6-11-23/h4-12,14-17,21H,13,18-20H2,1-3H3. The number of benzene rings is 3. The van der Waals surface area contributed by atoms with E-state index in [9.17, 15) is 0 Å². The molecule has 0 aliphatic rings. The van der Waals surface area contributed by atoms with Crippen LogP contribution in [-0.4, -0.2) is 18.9 Å². The second kappa shape index (κ2) is 11.2. The third kappa shape index (κ3) is 6.48. The molecule has 0 heterocycles. The van der Waals surface area contributed by atoms with Crippen LogP contribution in [-0.2, 0) is 4.84 Å². The molecule has 3 rings (SSSR count). The van der Waals surface area contributed by atoms with Crippen LogP contribution in [0.15, 0.2) is 84.0 Å². The zero-order valence-corrected chi connectivity index (χ0v) is 18.2. The molecule has 0 saturated carbocycles. The molecule has 3 aromatic rings. The number of hydrogen-bond donors (Lipinski definition) is 0. The summed E-state index contributed by atoms with van der Waals surface area (Å²) in [6.07, 6.45) is 1.96. The van der Waals surface area contributed by atoms with Crippen LogP contribution < -0.4 is 4.74 Å². The zero-order chi connectivity index (χ0) is 21.2. The van der Waals surface area contributed by atoms with Gasteiger partial charge in [-0.25, -0.2) is 0 Å². The number of ether oxygens (including phenoxy) is 1. The van der Waals surface area contributed by atoms with Gasteiger partial charge in [-0.1, -0.05) is 91.8 Å². The zero-order valence-electron chi connectivity index (χ0n) is 18.2. The molecule has 0 radical (unpaired) electrons. The molecule has 3 heteroatoms. The number of hydrogen-bond acceptors (Lipinski definition) is 3. The minimum atomic E-state index is 0.418. The maximum absolute atomic E-state index is 5.79. The van der Waals surface area contributed by atoms with E-state index >= 15 is 0 Å². The lowest BCUT2D eigenvalue weighted by Gasteiger charge is -2.11. The molecule has 0 saturated heterocycles. The van der Waals surface area contributed by atoms with E-state index < -0.39 is 0 Å². The second-order valence-electron chi connectivity index (χ2n) is 7.86. The topological polar surface area (TPSA) is 30.8 Å². The lowest BCUT2D eigenvalue weighted by atomic mass is 9.98. The van der Waals surface area contributed by atoms with Crippen LogP contribution in [0.1, 0.15) is 37.8 Å². The Morgan fingerprint density at radius 1 is 0.800 bits per heavy atom. The first-order chi connectivity index (χ1) is 14.6. The average molecular weight is 402 g/mol. The van der Waals surface area contributed by atoms with Crippen LogP contribution in [0.4, 0.5) is 0 Å². The maximum atomic E-state index is 5.79. The van der Waals surface area contributed by atoms with E-state index in [0.29, 0.717) is 19.1 Å². The highest BCUT2D eigenvalue weighted by Gasteiger charge is 2.08. The summed E-state index contributed by atoms with van der Waals surface area (Å²) < 4.78 is 5.79. The molecule has 3 aromatic carbocycles. The van der Waals surface area contributed by atoms with Crippen LogP contribution >= 0.6 is 0 Å². The van der Waals surface area contributed by atoms with Gasteiger partial charge < -0.3 is 9.57 Å². The van der Waals surface area contributed by atoms with E-state index in [1.54, 1.807) is 0 Å². The number of rotatable bonds is 10. The first kappa shape index (κ1) is 21.6. The number of oxime groups is 1. The van der Waals surface area contributed by atoms with E-state index in [1.165, 1.54) is 11.1 Å². The molecule has 0 N–H and O–H groups in total. The Kier molecular flexibility index (Phi) is 8.08. The van der Waals surface area contributed by atoms with Gasteiger partial charge in [0.15, 0.2) is 6.61 Å². The van der Waals surface area contributed by atoms with Gasteiger partial charge in [-0.05, 0) is 54.0 Å². The fourth-order valence-electron chi connectivity index (χ4n) is 3.18. The highest BCUT2D eigenvalue weighted by atomic mass is 16.6. The van der Waals surface area contributed by atoms with Crippen molar-refractivity contribution in [3.8, 4) is 16.9 Å². The van der Waals surface area contributed by atoms with Crippen molar-refractivity contribution in [2.75, 3.05) is 13.2 Å². The SMILES string of the molecule is Cc1ccccc1OCCON=C(CCC(C)C)c1ccc(-c2ccccc2)cc1. The fourth-order valence-corrected chi connectivity index (χ4v) is 3.18. The highest BCUT2D eigenvalue weighted by molar-refractivity contribution is 6.00. The summed E-state index contributed by atoms with van der Waals surface area (Å²) >= 11 is 0. The molecule has 0 aromatic heterocycles. The predicted octanol–water partition coefficient (Wildman–Crippen LogP) is 6.90. The Bertz CT molecular complexity index is 931. The van der Waals surface area contributed by atoms with Gasteiger partial charge in [0.05, 0.1) is 5.71 Å². The first-order valence-electron chi connectivity index (χ1n) is 10.7. The minimum Gasteiger partial charge on any atom is -0.490 e. The van der Waals surface area contributed by atoms with Gasteiger partial charge in [-0.15, -0.1) is 0 Å². The number of nitrogens with zero attached hydrogens (tertiary/aromatic N) is 1. The van der Waals surface area contributed by atoms with Crippen molar-refractivity contribution in [2.45, 2.75) is 33.6 Å². The van der Waals surface area contributed by atoms with Crippen LogP contribution in [0.2, 0.25) is 0 Å². The van der Waals surface area contributed by atoms with Crippen molar-refractivity contribution in [3.63, 3.8) is 0 Å². The Labute approximate surface area is 180 Å². The second-order valence-corrected chi connectivity index (χ2v) is 7.86. The van der Waals surface area contributed by atoms with E-state index in [0.717, 1.165) is 35.4 Å². The van der Waals surface area contributed by atoms with Crippen LogP contribution in [0.5, 0.6) is 5.75 Å². The summed E-state index contributed by atoms with van der Waals surface area (Å²) in [5.74, 6) is 1.50. The van der Waals surface area contributed by atoms with E-state index in [1.807, 2.05) is 37.3 Å². The van der Waals surface area contributed by atoms with E-state index in [4.69, 9.17) is 9.57 Å². The molecule has 30 heavy (non-hydrogen) atoms. The summed E-state index contributed by atoms with van der Waals surface area (Å²) in [6.45, 7) is 7.39. The summed E-state index contributed by atoms with van der Waals surface area (Å²) in [7, 11) is 0. The minimum absolute atomic E-state index is 0.418. The molecule has 0 fully saturated rings. The Balaban J connectivity index is 1.62. The van der Waals surface area contributed by atoms with Crippen LogP contribution in [0.25, 0.3) is 11.1 Å². The van der Waals surface area contributed by atoms with Crippen molar-refractivity contribution >= 4 is 5.71 Å². The largest absolute Gasteiger partial charge is 0.490 e. The van der Waals surface area contributed by atoms with Crippen molar-refractivity contribution in [1.82, 2.24) is 0 Å². The quantitative estimate of drug-likeness (QED) is 0.210. The summed E-state index contributed by atoms with van der Waals surface area (Å²) in [6, 6.07) is 27.0. The molecule has 0 aliphatic heterocycles. The summed E-state index contributed by atoms with van der Waals surface area (Å²) in [5, 5.41) is 4.46. The summed E-state index contributed by atoms with van der Waals surface area (Å²) in [4.78, 5) is 5.62. The van der Waals surface area contributed by atoms with Crippen LogP contribution in [0, 0.1) is 12.8 Å². The van der Waals surface area contributed by atoms with E-state index in [2.05, 4.69) is 67.5 Å². The van der Waals surface area contributed by atoms with Crippen LogP contribution in [0.3, 0.4) is 0 Å². The third-order valence-electron chi connectivity index (χ3n) is 4.98. The first-order valence-corrected chi connectivity index (χ1v) is 10.7. The van der Waals surface area contributed by atoms with Crippen molar-refractivity contribution in [2.24, 2.45) is 11.1 Å². The number of para-hydroxylation sites is 1. The third-order valence-corrected chi connectivity index (χ3v) is 4.98. The predicted molar refractivity (Wildman–Crippen MR) is 125 cm³/mol. The highest BCUT2D eigenvalue weighted by Crippen LogP contribution is 2.21. The van der Waals surface area contributed by atoms with Gasteiger partial charge in [-0.3, -0.25) is 0 Å². The molecule has 0 amide bonds. The van der Waals surface area contributed by atoms with Gasteiger partial charge in [0.2, 0.25) is 0 Å². The maximum Gasteiger partial charge on any atom is 0.151 e. The summed E-state index contributed by atoms with van der Waals surface area (Å²) in [5.41, 5.74) is 5.64.